The summed E-state index contributed by atoms with van der Waals surface area (Å²) >= 11 is 3.43. The van der Waals surface area contributed by atoms with Crippen molar-refractivity contribution in [3.63, 3.8) is 0 Å². The Morgan fingerprint density at radius 1 is 1.16 bits per heavy atom. The maximum absolute atomic E-state index is 13.1. The van der Waals surface area contributed by atoms with E-state index in [1.807, 2.05) is 44.2 Å². The summed E-state index contributed by atoms with van der Waals surface area (Å²) in [5.41, 5.74) is 1.30. The number of hydrogen-bond acceptors (Lipinski definition) is 5. The predicted octanol–water partition coefficient (Wildman–Crippen LogP) is 5.57. The van der Waals surface area contributed by atoms with E-state index < -0.39 is 0 Å². The summed E-state index contributed by atoms with van der Waals surface area (Å²) in [7, 11) is 0. The fourth-order valence-corrected chi connectivity index (χ4v) is 3.46. The summed E-state index contributed by atoms with van der Waals surface area (Å²) in [6.45, 7) is 8.62. The van der Waals surface area contributed by atoms with Crippen LogP contribution in [0.3, 0.4) is 0 Å². The van der Waals surface area contributed by atoms with Gasteiger partial charge in [-0.15, -0.1) is 0 Å². The van der Waals surface area contributed by atoms with E-state index in [9.17, 15) is 4.79 Å². The van der Waals surface area contributed by atoms with Crippen molar-refractivity contribution >= 4 is 33.0 Å². The highest BCUT2D eigenvalue weighted by molar-refractivity contribution is 9.10. The lowest BCUT2D eigenvalue weighted by molar-refractivity contribution is 0.203. The predicted molar refractivity (Wildman–Crippen MR) is 129 cm³/mol. The lowest BCUT2D eigenvalue weighted by Gasteiger charge is -2.16. The van der Waals surface area contributed by atoms with Gasteiger partial charge in [-0.3, -0.25) is 4.79 Å². The van der Waals surface area contributed by atoms with Crippen molar-refractivity contribution in [3.8, 4) is 11.5 Å². The monoisotopic (exact) mass is 485 g/mol. The van der Waals surface area contributed by atoms with E-state index >= 15 is 0 Å². The first-order valence-electron chi connectivity index (χ1n) is 10.7. The van der Waals surface area contributed by atoms with Crippen LogP contribution in [0.1, 0.15) is 51.9 Å². The first kappa shape index (κ1) is 23.0. The molecule has 0 aliphatic carbocycles. The molecule has 1 atom stereocenters. The lowest BCUT2D eigenvalue weighted by atomic mass is 10.2. The molecule has 0 fully saturated rings. The third-order valence-electron chi connectivity index (χ3n) is 4.84. The van der Waals surface area contributed by atoms with E-state index in [0.717, 1.165) is 22.9 Å². The second-order valence-corrected chi connectivity index (χ2v) is 8.19. The summed E-state index contributed by atoms with van der Waals surface area (Å²) in [5, 5.41) is 5.01. The number of aryl methyl sites for hydroxylation is 1. The average Bonchev–Trinajstić information content (AvgIpc) is 2.76. The fourth-order valence-electron chi connectivity index (χ4n) is 3.09. The third kappa shape index (κ3) is 5.53. The van der Waals surface area contributed by atoms with Crippen molar-refractivity contribution < 1.29 is 9.47 Å². The smallest absolute Gasteiger partial charge is 0.282 e. The molecule has 1 aromatic heterocycles. The largest absolute Gasteiger partial charge is 0.490 e. The Labute approximate surface area is 191 Å². The summed E-state index contributed by atoms with van der Waals surface area (Å²) in [5.74, 6) is 2.00. The molecule has 0 spiro atoms. The molecule has 0 saturated carbocycles. The van der Waals surface area contributed by atoms with Crippen molar-refractivity contribution in [2.24, 2.45) is 5.10 Å². The molecule has 0 bridgehead atoms. The van der Waals surface area contributed by atoms with Gasteiger partial charge in [0.2, 0.25) is 0 Å². The number of nitrogens with zero attached hydrogens (tertiary/aromatic N) is 3. The second kappa shape index (κ2) is 10.6. The maximum Gasteiger partial charge on any atom is 0.282 e. The molecule has 0 N–H and O–H groups in total. The van der Waals surface area contributed by atoms with Gasteiger partial charge in [-0.1, -0.05) is 29.8 Å². The van der Waals surface area contributed by atoms with Gasteiger partial charge in [0.05, 0.1) is 29.8 Å². The van der Waals surface area contributed by atoms with Gasteiger partial charge in [0.15, 0.2) is 11.5 Å². The fraction of sp³-hybridized carbons (Fsp3) is 0.375. The SMILES string of the molecule is CCCc1nc2ccc(Br)cc2c(=O)n1N=Cc1ccc(O[C@H](C)CC)c(OCC)c1. The Hall–Kier alpha value is -2.67. The highest BCUT2D eigenvalue weighted by Gasteiger charge is 2.12. The molecule has 7 heteroatoms. The Balaban J connectivity index is 2.02. The molecule has 0 aliphatic rings. The van der Waals surface area contributed by atoms with E-state index in [1.54, 1.807) is 12.3 Å². The minimum absolute atomic E-state index is 0.0944. The quantitative estimate of drug-likeness (QED) is 0.371. The summed E-state index contributed by atoms with van der Waals surface area (Å²) in [6, 6.07) is 11.2. The van der Waals surface area contributed by atoms with E-state index in [-0.39, 0.29) is 11.7 Å². The van der Waals surface area contributed by atoms with Crippen LogP contribution in [0.15, 0.2) is 50.8 Å². The van der Waals surface area contributed by atoms with Gasteiger partial charge in [0.25, 0.3) is 5.56 Å². The standard InChI is InChI=1S/C24H28BrN3O3/c1-5-8-23-27-20-11-10-18(25)14-19(20)24(29)28(23)26-15-17-9-12-21(31-16(4)6-2)22(13-17)30-7-3/h9-16H,5-8H2,1-4H3/t16-/m1/s1. The highest BCUT2D eigenvalue weighted by atomic mass is 79.9. The van der Waals surface area contributed by atoms with Crippen LogP contribution < -0.4 is 15.0 Å². The van der Waals surface area contributed by atoms with E-state index in [4.69, 9.17) is 9.47 Å². The first-order valence-corrected chi connectivity index (χ1v) is 11.4. The van der Waals surface area contributed by atoms with Crippen LogP contribution in [0.4, 0.5) is 0 Å². The number of rotatable bonds is 9. The second-order valence-electron chi connectivity index (χ2n) is 7.28. The van der Waals surface area contributed by atoms with E-state index in [2.05, 4.69) is 39.9 Å². The van der Waals surface area contributed by atoms with Crippen LogP contribution in [-0.2, 0) is 6.42 Å². The summed E-state index contributed by atoms with van der Waals surface area (Å²) < 4.78 is 13.9. The lowest BCUT2D eigenvalue weighted by Crippen LogP contribution is -2.22. The van der Waals surface area contributed by atoms with Crippen molar-refractivity contribution in [2.45, 2.75) is 53.1 Å². The molecule has 164 valence electrons. The summed E-state index contributed by atoms with van der Waals surface area (Å²) in [6.07, 6.45) is 4.17. The van der Waals surface area contributed by atoms with Gasteiger partial charge in [-0.25, -0.2) is 4.98 Å². The Kier molecular flexibility index (Phi) is 7.85. The molecule has 6 nitrogen and oxygen atoms in total. The average molecular weight is 486 g/mol. The first-order chi connectivity index (χ1) is 15.0. The van der Waals surface area contributed by atoms with Crippen molar-refractivity contribution in [3.05, 3.63) is 62.6 Å². The third-order valence-corrected chi connectivity index (χ3v) is 5.34. The Bertz CT molecular complexity index is 1140. The number of aromatic nitrogens is 2. The van der Waals surface area contributed by atoms with Crippen LogP contribution >= 0.6 is 15.9 Å². The zero-order valence-electron chi connectivity index (χ0n) is 18.4. The van der Waals surface area contributed by atoms with Crippen molar-refractivity contribution in [1.29, 1.82) is 0 Å². The molecule has 3 aromatic rings. The molecule has 0 unspecified atom stereocenters. The number of ether oxygens (including phenoxy) is 2. The van der Waals surface area contributed by atoms with Gasteiger partial charge in [0.1, 0.15) is 5.82 Å². The minimum Gasteiger partial charge on any atom is -0.490 e. The van der Waals surface area contributed by atoms with Crippen LogP contribution in [0.25, 0.3) is 10.9 Å². The van der Waals surface area contributed by atoms with Crippen LogP contribution in [0.5, 0.6) is 11.5 Å². The molecule has 3 rings (SSSR count). The topological polar surface area (TPSA) is 65.7 Å². The Morgan fingerprint density at radius 3 is 2.68 bits per heavy atom. The molecule has 0 saturated heterocycles. The van der Waals surface area contributed by atoms with Gasteiger partial charge in [0, 0.05) is 10.9 Å². The number of halogens is 1. The zero-order valence-corrected chi connectivity index (χ0v) is 20.0. The van der Waals surface area contributed by atoms with Crippen molar-refractivity contribution in [1.82, 2.24) is 9.66 Å². The molecular formula is C24H28BrN3O3. The molecule has 0 radical (unpaired) electrons. The molecule has 2 aromatic carbocycles. The molecule has 0 amide bonds. The van der Waals surface area contributed by atoms with Crippen molar-refractivity contribution in [2.75, 3.05) is 6.61 Å². The number of fused-ring (bicyclic) bond motifs is 1. The number of hydrogen-bond donors (Lipinski definition) is 0. The van der Waals surface area contributed by atoms with Crippen LogP contribution in [0, 0.1) is 0 Å². The minimum atomic E-state index is -0.187. The molecule has 31 heavy (non-hydrogen) atoms. The zero-order chi connectivity index (χ0) is 22.4. The molecule has 1 heterocycles. The van der Waals surface area contributed by atoms with Gasteiger partial charge >= 0.3 is 0 Å². The maximum atomic E-state index is 13.1. The van der Waals surface area contributed by atoms with Gasteiger partial charge < -0.3 is 9.47 Å². The van der Waals surface area contributed by atoms with Gasteiger partial charge in [-0.2, -0.15) is 9.78 Å². The van der Waals surface area contributed by atoms with Crippen LogP contribution in [-0.4, -0.2) is 28.6 Å². The summed E-state index contributed by atoms with van der Waals surface area (Å²) in [4.78, 5) is 17.8. The van der Waals surface area contributed by atoms with E-state index in [0.29, 0.717) is 41.3 Å². The molecular weight excluding hydrogens is 458 g/mol. The normalized spacial score (nSPS) is 12.4. The van der Waals surface area contributed by atoms with Crippen LogP contribution in [0.2, 0.25) is 0 Å². The number of benzene rings is 2. The van der Waals surface area contributed by atoms with E-state index in [1.165, 1.54) is 4.68 Å². The van der Waals surface area contributed by atoms with Gasteiger partial charge in [-0.05, 0) is 68.7 Å². The molecule has 0 aliphatic heterocycles. The Morgan fingerprint density at radius 2 is 1.97 bits per heavy atom. The highest BCUT2D eigenvalue weighted by Crippen LogP contribution is 2.29.